The first-order valence-corrected chi connectivity index (χ1v) is 6.06. The van der Waals surface area contributed by atoms with Crippen molar-refractivity contribution in [3.63, 3.8) is 0 Å². The van der Waals surface area contributed by atoms with Crippen LogP contribution in [0.4, 0.5) is 0 Å². The van der Waals surface area contributed by atoms with Crippen LogP contribution in [0, 0.1) is 0 Å². The average molecular weight is 233 g/mol. The zero-order valence-corrected chi connectivity index (χ0v) is 10.4. The summed E-state index contributed by atoms with van der Waals surface area (Å²) in [6.07, 6.45) is 5.15. The minimum atomic E-state index is 0.105. The summed E-state index contributed by atoms with van der Waals surface area (Å²) in [7, 11) is 3.55. The highest BCUT2D eigenvalue weighted by molar-refractivity contribution is 5.77. The molecule has 17 heavy (non-hydrogen) atoms. The second-order valence-electron chi connectivity index (χ2n) is 4.66. The molecule has 0 aromatic carbocycles. The van der Waals surface area contributed by atoms with E-state index in [4.69, 9.17) is 0 Å². The van der Waals surface area contributed by atoms with Gasteiger partial charge in [0.2, 0.25) is 5.91 Å². The molecule has 0 spiro atoms. The lowest BCUT2D eigenvalue weighted by atomic mass is 9.92. The molecule has 1 aromatic rings. The number of nitrogens with one attached hydrogen (secondary N) is 1. The van der Waals surface area contributed by atoms with Gasteiger partial charge in [0.25, 0.3) is 0 Å². The van der Waals surface area contributed by atoms with Gasteiger partial charge in [-0.25, -0.2) is 0 Å². The zero-order valence-electron chi connectivity index (χ0n) is 10.4. The molecule has 0 radical (unpaired) electrons. The molecule has 0 bridgehead atoms. The lowest BCUT2D eigenvalue weighted by Gasteiger charge is -2.25. The number of nitrogens with zero attached hydrogens (tertiary/aromatic N) is 2. The summed E-state index contributed by atoms with van der Waals surface area (Å²) >= 11 is 0. The van der Waals surface area contributed by atoms with Crippen molar-refractivity contribution >= 4 is 5.91 Å². The molecule has 1 amide bonds. The molecular weight excluding hydrogens is 214 g/mol. The lowest BCUT2D eigenvalue weighted by molar-refractivity contribution is -0.127. The Bertz CT molecular complexity index is 403. The minimum Gasteiger partial charge on any atom is -0.348 e. The van der Waals surface area contributed by atoms with Gasteiger partial charge in [-0.1, -0.05) is 6.07 Å². The van der Waals surface area contributed by atoms with E-state index in [-0.39, 0.29) is 11.9 Å². The molecule has 1 atom stereocenters. The number of carbonyl (C=O) groups is 1. The smallest absolute Gasteiger partial charge is 0.236 e. The van der Waals surface area contributed by atoms with Crippen LogP contribution in [0.15, 0.2) is 18.3 Å². The van der Waals surface area contributed by atoms with E-state index in [9.17, 15) is 4.79 Å². The fraction of sp³-hybridized carbons (Fsp3) is 0.538. The molecular formula is C13H19N3O. The maximum absolute atomic E-state index is 11.5. The molecule has 1 aliphatic rings. The fourth-order valence-corrected chi connectivity index (χ4v) is 2.18. The Morgan fingerprint density at radius 2 is 2.41 bits per heavy atom. The normalized spacial score (nSPS) is 18.6. The molecule has 1 aromatic heterocycles. The molecule has 1 unspecified atom stereocenters. The summed E-state index contributed by atoms with van der Waals surface area (Å²) in [6.45, 7) is 0.383. The Hall–Kier alpha value is -1.42. The van der Waals surface area contributed by atoms with Crippen molar-refractivity contribution in [3.05, 3.63) is 29.6 Å². The Morgan fingerprint density at radius 3 is 3.18 bits per heavy atom. The van der Waals surface area contributed by atoms with E-state index in [0.29, 0.717) is 6.54 Å². The largest absolute Gasteiger partial charge is 0.348 e. The van der Waals surface area contributed by atoms with Gasteiger partial charge in [-0.05, 0) is 30.9 Å². The van der Waals surface area contributed by atoms with E-state index in [2.05, 4.69) is 16.4 Å². The van der Waals surface area contributed by atoms with Gasteiger partial charge in [0.05, 0.1) is 18.3 Å². The molecule has 4 heteroatoms. The quantitative estimate of drug-likeness (QED) is 0.851. The van der Waals surface area contributed by atoms with E-state index in [1.165, 1.54) is 5.56 Å². The van der Waals surface area contributed by atoms with Crippen molar-refractivity contribution in [1.29, 1.82) is 0 Å². The summed E-state index contributed by atoms with van der Waals surface area (Å²) in [5, 5.41) is 3.31. The maximum atomic E-state index is 11.5. The SMILES string of the molecule is CN(C)C(=O)CNC1CCCc2cccnc21. The van der Waals surface area contributed by atoms with Gasteiger partial charge in [0, 0.05) is 20.3 Å². The Morgan fingerprint density at radius 1 is 1.59 bits per heavy atom. The summed E-state index contributed by atoms with van der Waals surface area (Å²) in [4.78, 5) is 17.6. The van der Waals surface area contributed by atoms with Gasteiger partial charge in [0.1, 0.15) is 0 Å². The monoisotopic (exact) mass is 233 g/mol. The van der Waals surface area contributed by atoms with E-state index < -0.39 is 0 Å². The predicted molar refractivity (Wildman–Crippen MR) is 66.6 cm³/mol. The van der Waals surface area contributed by atoms with Crippen molar-refractivity contribution in [3.8, 4) is 0 Å². The topological polar surface area (TPSA) is 45.2 Å². The molecule has 4 nitrogen and oxygen atoms in total. The average Bonchev–Trinajstić information content (AvgIpc) is 2.35. The van der Waals surface area contributed by atoms with Gasteiger partial charge < -0.3 is 10.2 Å². The standard InChI is InChI=1S/C13H19N3O/c1-16(2)12(17)9-15-11-7-3-5-10-6-4-8-14-13(10)11/h4,6,8,11,15H,3,5,7,9H2,1-2H3. The fourth-order valence-electron chi connectivity index (χ4n) is 2.18. The van der Waals surface area contributed by atoms with Crippen molar-refractivity contribution in [2.75, 3.05) is 20.6 Å². The molecule has 1 heterocycles. The lowest BCUT2D eigenvalue weighted by Crippen LogP contribution is -2.36. The number of likely N-dealkylation sites (N-methyl/N-ethyl adjacent to an activating group) is 1. The summed E-state index contributed by atoms with van der Waals surface area (Å²) in [5.74, 6) is 0.105. The third-order valence-corrected chi connectivity index (χ3v) is 3.19. The molecule has 0 aliphatic heterocycles. The predicted octanol–water partition coefficient (Wildman–Crippen LogP) is 1.14. The first kappa shape index (κ1) is 12.0. The van der Waals surface area contributed by atoms with Gasteiger partial charge >= 0.3 is 0 Å². The van der Waals surface area contributed by atoms with Crippen molar-refractivity contribution in [1.82, 2.24) is 15.2 Å². The summed E-state index contributed by atoms with van der Waals surface area (Å²) < 4.78 is 0. The minimum absolute atomic E-state index is 0.105. The van der Waals surface area contributed by atoms with Crippen LogP contribution in [-0.2, 0) is 11.2 Å². The first-order valence-electron chi connectivity index (χ1n) is 6.06. The first-order chi connectivity index (χ1) is 8.18. The van der Waals surface area contributed by atoms with Crippen molar-refractivity contribution in [2.45, 2.75) is 25.3 Å². The van der Waals surface area contributed by atoms with Gasteiger partial charge in [-0.15, -0.1) is 0 Å². The number of fused-ring (bicyclic) bond motifs is 1. The van der Waals surface area contributed by atoms with Crippen LogP contribution in [-0.4, -0.2) is 36.4 Å². The maximum Gasteiger partial charge on any atom is 0.236 e. The van der Waals surface area contributed by atoms with E-state index in [1.54, 1.807) is 19.0 Å². The van der Waals surface area contributed by atoms with Crippen LogP contribution in [0.2, 0.25) is 0 Å². The molecule has 2 rings (SSSR count). The number of amides is 1. The molecule has 0 fully saturated rings. The number of rotatable bonds is 3. The molecule has 0 saturated heterocycles. The Balaban J connectivity index is 2.01. The third-order valence-electron chi connectivity index (χ3n) is 3.19. The second kappa shape index (κ2) is 5.27. The van der Waals surface area contributed by atoms with Crippen molar-refractivity contribution < 1.29 is 4.79 Å². The highest BCUT2D eigenvalue weighted by Gasteiger charge is 2.21. The van der Waals surface area contributed by atoms with E-state index in [1.807, 2.05) is 12.3 Å². The summed E-state index contributed by atoms with van der Waals surface area (Å²) in [5.41, 5.74) is 2.43. The molecule has 1 N–H and O–H groups in total. The van der Waals surface area contributed by atoms with Gasteiger partial charge in [-0.3, -0.25) is 9.78 Å². The van der Waals surface area contributed by atoms with Crippen LogP contribution in [0.5, 0.6) is 0 Å². The zero-order chi connectivity index (χ0) is 12.3. The number of carbonyl (C=O) groups excluding carboxylic acids is 1. The number of hydrogen-bond acceptors (Lipinski definition) is 3. The van der Waals surface area contributed by atoms with Gasteiger partial charge in [-0.2, -0.15) is 0 Å². The third kappa shape index (κ3) is 2.82. The van der Waals surface area contributed by atoms with E-state index in [0.717, 1.165) is 25.0 Å². The van der Waals surface area contributed by atoms with Gasteiger partial charge in [0.15, 0.2) is 0 Å². The van der Waals surface area contributed by atoms with Crippen LogP contribution < -0.4 is 5.32 Å². The number of hydrogen-bond donors (Lipinski definition) is 1. The van der Waals surface area contributed by atoms with Crippen LogP contribution in [0.3, 0.4) is 0 Å². The van der Waals surface area contributed by atoms with E-state index >= 15 is 0 Å². The summed E-state index contributed by atoms with van der Waals surface area (Å²) in [6, 6.07) is 4.33. The number of aryl methyl sites for hydroxylation is 1. The highest BCUT2D eigenvalue weighted by Crippen LogP contribution is 2.27. The molecule has 1 aliphatic carbocycles. The molecule has 92 valence electrons. The Kier molecular flexibility index (Phi) is 3.74. The second-order valence-corrected chi connectivity index (χ2v) is 4.66. The number of aromatic nitrogens is 1. The van der Waals surface area contributed by atoms with Crippen LogP contribution in [0.1, 0.15) is 30.1 Å². The highest BCUT2D eigenvalue weighted by atomic mass is 16.2. The molecule has 0 saturated carbocycles. The van der Waals surface area contributed by atoms with Crippen molar-refractivity contribution in [2.24, 2.45) is 0 Å². The number of pyridine rings is 1. The Labute approximate surface area is 102 Å². The van der Waals surface area contributed by atoms with Crippen LogP contribution in [0.25, 0.3) is 0 Å². The van der Waals surface area contributed by atoms with Crippen LogP contribution >= 0.6 is 0 Å².